The number of benzene rings is 4. The highest BCUT2D eigenvalue weighted by atomic mass is 16.5. The maximum absolute atomic E-state index is 12.9. The van der Waals surface area contributed by atoms with E-state index in [0.29, 0.717) is 28.3 Å². The average Bonchev–Trinajstić information content (AvgIpc) is 2.93. The van der Waals surface area contributed by atoms with Crippen LogP contribution in [0, 0.1) is 0 Å². The fourth-order valence-electron chi connectivity index (χ4n) is 3.86. The summed E-state index contributed by atoms with van der Waals surface area (Å²) in [7, 11) is 1.57. The number of rotatable bonds is 9. The number of ether oxygens (including phenoxy) is 2. The maximum Gasteiger partial charge on any atom is 0.338 e. The molecule has 0 spiro atoms. The molecule has 0 fully saturated rings. The van der Waals surface area contributed by atoms with Gasteiger partial charge >= 0.3 is 5.97 Å². The van der Waals surface area contributed by atoms with Gasteiger partial charge in [0.25, 0.3) is 5.91 Å². The second-order valence-corrected chi connectivity index (χ2v) is 8.27. The van der Waals surface area contributed by atoms with E-state index >= 15 is 0 Å². The summed E-state index contributed by atoms with van der Waals surface area (Å²) in [5, 5.41) is 6.30. The zero-order valence-corrected chi connectivity index (χ0v) is 20.2. The molecule has 0 saturated carbocycles. The van der Waals surface area contributed by atoms with Crippen LogP contribution in [0.15, 0.2) is 109 Å². The highest BCUT2D eigenvalue weighted by Gasteiger charge is 2.25. The van der Waals surface area contributed by atoms with E-state index in [1.807, 2.05) is 67.6 Å². The highest BCUT2D eigenvalue weighted by molar-refractivity contribution is 6.04. The van der Waals surface area contributed by atoms with Crippen LogP contribution in [0.2, 0.25) is 0 Å². The van der Waals surface area contributed by atoms with Gasteiger partial charge in [-0.25, -0.2) is 4.79 Å². The summed E-state index contributed by atoms with van der Waals surface area (Å²) in [6.07, 6.45) is -0.555. The molecule has 0 aliphatic carbocycles. The van der Waals surface area contributed by atoms with Crippen LogP contribution in [0.25, 0.3) is 0 Å². The van der Waals surface area contributed by atoms with Crippen molar-refractivity contribution in [3.63, 3.8) is 0 Å². The molecule has 2 N–H and O–H groups in total. The van der Waals surface area contributed by atoms with Crippen LogP contribution >= 0.6 is 0 Å². The van der Waals surface area contributed by atoms with Gasteiger partial charge in [-0.2, -0.15) is 0 Å². The fraction of sp³-hybridized carbons (Fsp3) is 0.133. The number of nitrogens with one attached hydrogen (secondary N) is 2. The zero-order chi connectivity index (χ0) is 25.3. The lowest BCUT2D eigenvalue weighted by atomic mass is 10.0. The molecule has 0 radical (unpaired) electrons. The van der Waals surface area contributed by atoms with Gasteiger partial charge in [-0.3, -0.25) is 4.79 Å². The Kier molecular flexibility index (Phi) is 7.98. The molecule has 4 aromatic rings. The third-order valence-corrected chi connectivity index (χ3v) is 5.70. The van der Waals surface area contributed by atoms with E-state index in [2.05, 4.69) is 10.6 Å². The SMILES string of the molecule is COc1cc(NC(=O)c2ccccc2)ccc1N[C@@H](C)[C@@H](OC(=O)c1ccccc1)c1ccccc1. The Morgan fingerprint density at radius 3 is 1.94 bits per heavy atom. The number of hydrogen-bond acceptors (Lipinski definition) is 5. The third kappa shape index (κ3) is 6.10. The van der Waals surface area contributed by atoms with Gasteiger partial charge in [-0.1, -0.05) is 66.7 Å². The fourth-order valence-corrected chi connectivity index (χ4v) is 3.86. The lowest BCUT2D eigenvalue weighted by molar-refractivity contribution is 0.0262. The van der Waals surface area contributed by atoms with Gasteiger partial charge in [0, 0.05) is 17.3 Å². The summed E-state index contributed by atoms with van der Waals surface area (Å²) in [5.74, 6) is -0.0540. The van der Waals surface area contributed by atoms with Gasteiger partial charge in [0.1, 0.15) is 11.9 Å². The van der Waals surface area contributed by atoms with E-state index in [4.69, 9.17) is 9.47 Å². The van der Waals surface area contributed by atoms with Crippen LogP contribution in [0.4, 0.5) is 11.4 Å². The van der Waals surface area contributed by atoms with Crippen molar-refractivity contribution in [1.82, 2.24) is 0 Å². The predicted molar refractivity (Wildman–Crippen MR) is 142 cm³/mol. The second kappa shape index (κ2) is 11.7. The molecule has 0 aliphatic heterocycles. The molecule has 0 saturated heterocycles. The number of carbonyl (C=O) groups excluding carboxylic acids is 2. The maximum atomic E-state index is 12.9. The van der Waals surface area contributed by atoms with E-state index in [0.717, 1.165) is 5.56 Å². The lowest BCUT2D eigenvalue weighted by Gasteiger charge is -2.27. The summed E-state index contributed by atoms with van der Waals surface area (Å²) in [5.41, 5.74) is 3.24. The zero-order valence-electron chi connectivity index (χ0n) is 20.2. The first-order valence-corrected chi connectivity index (χ1v) is 11.7. The number of anilines is 2. The number of esters is 1. The summed E-state index contributed by atoms with van der Waals surface area (Å²) in [6.45, 7) is 1.94. The van der Waals surface area contributed by atoms with E-state index in [1.54, 1.807) is 55.6 Å². The molecular formula is C30H28N2O4. The van der Waals surface area contributed by atoms with Crippen LogP contribution in [-0.4, -0.2) is 25.0 Å². The lowest BCUT2D eigenvalue weighted by Crippen LogP contribution is -2.28. The summed E-state index contributed by atoms with van der Waals surface area (Å²) in [4.78, 5) is 25.4. The van der Waals surface area contributed by atoms with Crippen LogP contribution in [0.5, 0.6) is 5.75 Å². The highest BCUT2D eigenvalue weighted by Crippen LogP contribution is 2.32. The second-order valence-electron chi connectivity index (χ2n) is 8.27. The van der Waals surface area contributed by atoms with Crippen molar-refractivity contribution < 1.29 is 19.1 Å². The first-order valence-electron chi connectivity index (χ1n) is 11.7. The van der Waals surface area contributed by atoms with Crippen molar-refractivity contribution in [3.05, 3.63) is 126 Å². The van der Waals surface area contributed by atoms with Crippen molar-refractivity contribution in [2.45, 2.75) is 19.1 Å². The molecule has 1 amide bonds. The third-order valence-electron chi connectivity index (χ3n) is 5.70. The molecule has 0 unspecified atom stereocenters. The average molecular weight is 481 g/mol. The van der Waals surface area contributed by atoms with Crippen molar-refractivity contribution in [3.8, 4) is 5.75 Å². The Balaban J connectivity index is 1.52. The first kappa shape index (κ1) is 24.5. The van der Waals surface area contributed by atoms with Crippen molar-refractivity contribution in [2.24, 2.45) is 0 Å². The molecule has 4 aromatic carbocycles. The molecule has 182 valence electrons. The van der Waals surface area contributed by atoms with Gasteiger partial charge in [0.05, 0.1) is 24.4 Å². The number of hydrogen-bond donors (Lipinski definition) is 2. The van der Waals surface area contributed by atoms with Gasteiger partial charge in [-0.15, -0.1) is 0 Å². The van der Waals surface area contributed by atoms with E-state index in [9.17, 15) is 9.59 Å². The largest absolute Gasteiger partial charge is 0.495 e. The topological polar surface area (TPSA) is 76.7 Å². The molecule has 36 heavy (non-hydrogen) atoms. The first-order chi connectivity index (χ1) is 17.5. The van der Waals surface area contributed by atoms with Crippen LogP contribution in [-0.2, 0) is 4.74 Å². The van der Waals surface area contributed by atoms with Crippen molar-refractivity contribution in [2.75, 3.05) is 17.7 Å². The van der Waals surface area contributed by atoms with Crippen LogP contribution in [0.1, 0.15) is 39.3 Å². The minimum Gasteiger partial charge on any atom is -0.495 e. The smallest absolute Gasteiger partial charge is 0.338 e. The standard InChI is InChI=1S/C30H28N2O4/c1-21(28(22-12-6-3-7-13-22)36-30(34)24-16-10-5-11-17-24)31-26-19-18-25(20-27(26)35-2)32-29(33)23-14-8-4-9-15-23/h3-21,28,31H,1-2H3,(H,32,33)/t21-,28+/m0/s1. The van der Waals surface area contributed by atoms with Crippen molar-refractivity contribution >= 4 is 23.3 Å². The van der Waals surface area contributed by atoms with Gasteiger partial charge in [-0.05, 0) is 48.9 Å². The van der Waals surface area contributed by atoms with Crippen molar-refractivity contribution in [1.29, 1.82) is 0 Å². The Bertz CT molecular complexity index is 1290. The molecule has 0 heterocycles. The molecule has 2 atom stereocenters. The molecule has 4 rings (SSSR count). The molecule has 6 heteroatoms. The van der Waals surface area contributed by atoms with E-state index < -0.39 is 12.1 Å². The van der Waals surface area contributed by atoms with E-state index in [-0.39, 0.29) is 11.9 Å². The Hall–Kier alpha value is -4.58. The number of carbonyl (C=O) groups is 2. The monoisotopic (exact) mass is 480 g/mol. The Morgan fingerprint density at radius 2 is 1.33 bits per heavy atom. The molecule has 0 bridgehead atoms. The van der Waals surface area contributed by atoms with E-state index in [1.165, 1.54) is 0 Å². The summed E-state index contributed by atoms with van der Waals surface area (Å²) >= 11 is 0. The van der Waals surface area contributed by atoms with Crippen LogP contribution < -0.4 is 15.4 Å². The predicted octanol–water partition coefficient (Wildman–Crippen LogP) is 6.35. The Labute approximate surface area is 210 Å². The van der Waals surface area contributed by atoms with Gasteiger partial charge < -0.3 is 20.1 Å². The molecule has 6 nitrogen and oxygen atoms in total. The van der Waals surface area contributed by atoms with Gasteiger partial charge in [0.15, 0.2) is 0 Å². The number of methoxy groups -OCH3 is 1. The normalized spacial score (nSPS) is 12.2. The molecule has 0 aromatic heterocycles. The van der Waals surface area contributed by atoms with Crippen LogP contribution in [0.3, 0.4) is 0 Å². The minimum absolute atomic E-state index is 0.205. The quantitative estimate of drug-likeness (QED) is 0.273. The number of amides is 1. The minimum atomic E-state index is -0.555. The summed E-state index contributed by atoms with van der Waals surface area (Å²) < 4.78 is 11.5. The Morgan fingerprint density at radius 1 is 0.750 bits per heavy atom. The molecular weight excluding hydrogens is 452 g/mol. The van der Waals surface area contributed by atoms with Gasteiger partial charge in [0.2, 0.25) is 0 Å². The molecule has 0 aliphatic rings. The summed E-state index contributed by atoms with van der Waals surface area (Å²) in [6, 6.07) is 32.6.